The molecule has 6 nitrogen and oxygen atoms in total. The van der Waals surface area contributed by atoms with Gasteiger partial charge >= 0.3 is 0 Å². The Morgan fingerprint density at radius 2 is 1.94 bits per heavy atom. The van der Waals surface area contributed by atoms with Crippen LogP contribution in [0.1, 0.15) is 0 Å². The van der Waals surface area contributed by atoms with Crippen LogP contribution in [0.4, 0.5) is 5.82 Å². The second kappa shape index (κ2) is 3.27. The highest BCUT2D eigenvalue weighted by Gasteiger charge is 2.11. The maximum atomic E-state index is 5.75. The number of pyridine rings is 1. The summed E-state index contributed by atoms with van der Waals surface area (Å²) < 4.78 is 1.82. The van der Waals surface area contributed by atoms with E-state index in [0.29, 0.717) is 17.3 Å². The van der Waals surface area contributed by atoms with Crippen molar-refractivity contribution in [2.45, 2.75) is 0 Å². The summed E-state index contributed by atoms with van der Waals surface area (Å²) >= 11 is 0. The van der Waals surface area contributed by atoms with Crippen LogP contribution in [0.5, 0.6) is 0 Å². The maximum absolute atomic E-state index is 5.75. The molecule has 0 saturated heterocycles. The smallest absolute Gasteiger partial charge is 0.190 e. The molecule has 16 heavy (non-hydrogen) atoms. The van der Waals surface area contributed by atoms with Gasteiger partial charge in [-0.05, 0) is 12.1 Å². The van der Waals surface area contributed by atoms with Crippen molar-refractivity contribution in [3.05, 3.63) is 36.8 Å². The minimum atomic E-state index is 0.348. The van der Waals surface area contributed by atoms with Gasteiger partial charge in [0.25, 0.3) is 0 Å². The number of rotatable bonds is 1. The number of nitrogens with two attached hydrogens (primary N) is 1. The number of hydrogen-bond donors (Lipinski definition) is 1. The van der Waals surface area contributed by atoms with Crippen molar-refractivity contribution < 1.29 is 0 Å². The lowest BCUT2D eigenvalue weighted by Gasteiger charge is -2.00. The fourth-order valence-electron chi connectivity index (χ4n) is 1.52. The number of hydrogen-bond acceptors (Lipinski definition) is 5. The molecule has 0 aliphatic carbocycles. The molecule has 0 bridgehead atoms. The summed E-state index contributed by atoms with van der Waals surface area (Å²) in [7, 11) is 0. The molecule has 0 unspecified atom stereocenters. The average Bonchev–Trinajstić information content (AvgIpc) is 2.74. The summed E-state index contributed by atoms with van der Waals surface area (Å²) in [6.45, 7) is 0. The molecule has 0 atom stereocenters. The summed E-state index contributed by atoms with van der Waals surface area (Å²) in [5, 5.41) is 8.08. The van der Waals surface area contributed by atoms with Gasteiger partial charge in [-0.2, -0.15) is 0 Å². The molecule has 0 aliphatic heterocycles. The number of fused-ring (bicyclic) bond motifs is 1. The third-order valence-corrected chi connectivity index (χ3v) is 2.25. The zero-order chi connectivity index (χ0) is 11.0. The topological polar surface area (TPSA) is 82.0 Å². The van der Waals surface area contributed by atoms with E-state index in [9.17, 15) is 0 Å². The van der Waals surface area contributed by atoms with Crippen LogP contribution >= 0.6 is 0 Å². The molecule has 3 rings (SSSR count). The maximum Gasteiger partial charge on any atom is 0.190 e. The van der Waals surface area contributed by atoms with E-state index in [-0.39, 0.29) is 0 Å². The van der Waals surface area contributed by atoms with Crippen molar-refractivity contribution in [2.75, 3.05) is 5.73 Å². The lowest BCUT2D eigenvalue weighted by molar-refractivity contribution is 1.08. The van der Waals surface area contributed by atoms with E-state index in [0.717, 1.165) is 5.65 Å². The zero-order valence-electron chi connectivity index (χ0n) is 8.28. The second-order valence-electron chi connectivity index (χ2n) is 3.24. The van der Waals surface area contributed by atoms with Gasteiger partial charge in [-0.1, -0.05) is 6.07 Å². The van der Waals surface area contributed by atoms with Crippen LogP contribution in [0.15, 0.2) is 36.8 Å². The van der Waals surface area contributed by atoms with Gasteiger partial charge in [0.05, 0.1) is 0 Å². The van der Waals surface area contributed by atoms with Gasteiger partial charge in [-0.25, -0.2) is 9.97 Å². The first-order valence-electron chi connectivity index (χ1n) is 4.73. The predicted octanol–water partition coefficient (Wildman–Crippen LogP) is 0.768. The first kappa shape index (κ1) is 8.78. The molecule has 3 heterocycles. The predicted molar refractivity (Wildman–Crippen MR) is 58.4 cm³/mol. The van der Waals surface area contributed by atoms with Gasteiger partial charge in [0.15, 0.2) is 23.0 Å². The van der Waals surface area contributed by atoms with Crippen LogP contribution in [-0.4, -0.2) is 24.6 Å². The molecule has 0 amide bonds. The van der Waals surface area contributed by atoms with Crippen molar-refractivity contribution in [3.63, 3.8) is 0 Å². The van der Waals surface area contributed by atoms with Gasteiger partial charge in [-0.3, -0.25) is 4.40 Å². The molecule has 0 aliphatic rings. The molecule has 3 aromatic heterocycles. The first-order chi connectivity index (χ1) is 7.86. The van der Waals surface area contributed by atoms with E-state index in [1.54, 1.807) is 12.4 Å². The molecule has 0 fully saturated rings. The third kappa shape index (κ3) is 1.20. The molecular weight excluding hydrogens is 204 g/mol. The minimum Gasteiger partial charge on any atom is -0.382 e. The molecular formula is C10H8N6. The number of anilines is 1. The molecule has 6 heteroatoms. The normalized spacial score (nSPS) is 10.8. The summed E-state index contributed by atoms with van der Waals surface area (Å²) in [6, 6.07) is 5.66. The fourth-order valence-corrected chi connectivity index (χ4v) is 1.52. The Morgan fingerprint density at radius 1 is 1.06 bits per heavy atom. The van der Waals surface area contributed by atoms with Crippen LogP contribution in [0.3, 0.4) is 0 Å². The minimum absolute atomic E-state index is 0.348. The van der Waals surface area contributed by atoms with E-state index in [1.165, 1.54) is 0 Å². The molecule has 0 spiro atoms. The Hall–Kier alpha value is -2.50. The molecule has 0 saturated carbocycles. The Morgan fingerprint density at radius 3 is 2.81 bits per heavy atom. The quantitative estimate of drug-likeness (QED) is 0.644. The van der Waals surface area contributed by atoms with Crippen LogP contribution in [0.25, 0.3) is 17.2 Å². The zero-order valence-corrected chi connectivity index (χ0v) is 8.28. The summed E-state index contributed by atoms with van der Waals surface area (Å²) in [5.74, 6) is 0.946. The monoisotopic (exact) mass is 212 g/mol. The Labute approximate surface area is 90.8 Å². The largest absolute Gasteiger partial charge is 0.382 e. The van der Waals surface area contributed by atoms with Gasteiger partial charge in [0, 0.05) is 18.6 Å². The average molecular weight is 212 g/mol. The van der Waals surface area contributed by atoms with Crippen LogP contribution in [0, 0.1) is 0 Å². The van der Waals surface area contributed by atoms with Crippen molar-refractivity contribution in [1.29, 1.82) is 0 Å². The second-order valence-corrected chi connectivity index (χ2v) is 3.24. The van der Waals surface area contributed by atoms with E-state index < -0.39 is 0 Å². The van der Waals surface area contributed by atoms with E-state index in [1.807, 2.05) is 28.8 Å². The number of nitrogen functional groups attached to an aromatic ring is 1. The lowest BCUT2D eigenvalue weighted by Crippen LogP contribution is -1.99. The highest BCUT2D eigenvalue weighted by molar-refractivity contribution is 5.65. The third-order valence-electron chi connectivity index (χ3n) is 2.25. The molecule has 3 aromatic rings. The van der Waals surface area contributed by atoms with Crippen LogP contribution < -0.4 is 5.73 Å². The summed E-state index contributed by atoms with van der Waals surface area (Å²) in [6.07, 6.45) is 4.98. The van der Waals surface area contributed by atoms with Crippen LogP contribution in [-0.2, 0) is 0 Å². The standard InChI is InChI=1S/C10H8N6/c11-9-8(12-4-5-13-9)10-15-14-7-3-1-2-6-16(7)10/h1-6H,(H2,11,13). The highest BCUT2D eigenvalue weighted by Crippen LogP contribution is 2.19. The van der Waals surface area contributed by atoms with Crippen LogP contribution in [0.2, 0.25) is 0 Å². The Balaban J connectivity index is 2.31. The van der Waals surface area contributed by atoms with E-state index in [2.05, 4.69) is 20.2 Å². The van der Waals surface area contributed by atoms with Gasteiger partial charge < -0.3 is 5.73 Å². The summed E-state index contributed by atoms with van der Waals surface area (Å²) in [5.41, 5.74) is 7.04. The molecule has 78 valence electrons. The summed E-state index contributed by atoms with van der Waals surface area (Å²) in [4.78, 5) is 8.14. The fraction of sp³-hybridized carbons (Fsp3) is 0. The van der Waals surface area contributed by atoms with Gasteiger partial charge in [-0.15, -0.1) is 10.2 Å². The number of nitrogens with zero attached hydrogens (tertiary/aromatic N) is 5. The molecule has 2 N–H and O–H groups in total. The molecule has 0 aromatic carbocycles. The number of aromatic nitrogens is 5. The van der Waals surface area contributed by atoms with E-state index in [4.69, 9.17) is 5.73 Å². The Kier molecular flexibility index (Phi) is 1.79. The van der Waals surface area contributed by atoms with Crippen molar-refractivity contribution in [3.8, 4) is 11.5 Å². The van der Waals surface area contributed by atoms with Gasteiger partial charge in [0.2, 0.25) is 0 Å². The van der Waals surface area contributed by atoms with Gasteiger partial charge in [0.1, 0.15) is 0 Å². The highest BCUT2D eigenvalue weighted by atomic mass is 15.3. The lowest BCUT2D eigenvalue weighted by atomic mass is 10.3. The van der Waals surface area contributed by atoms with Crippen molar-refractivity contribution >= 4 is 11.5 Å². The van der Waals surface area contributed by atoms with E-state index >= 15 is 0 Å². The first-order valence-corrected chi connectivity index (χ1v) is 4.73. The Bertz CT molecular complexity index is 644. The van der Waals surface area contributed by atoms with Crippen molar-refractivity contribution in [2.24, 2.45) is 0 Å². The SMILES string of the molecule is Nc1nccnc1-c1nnc2ccccn12. The van der Waals surface area contributed by atoms with Crippen molar-refractivity contribution in [1.82, 2.24) is 24.6 Å². The molecule has 0 radical (unpaired) electrons.